The second-order valence-electron chi connectivity index (χ2n) is 2.39. The molecule has 0 aromatic heterocycles. The topological polar surface area (TPSA) is 41.5 Å². The van der Waals surface area contributed by atoms with E-state index in [9.17, 15) is 5.11 Å². The van der Waals surface area contributed by atoms with Gasteiger partial charge in [-0.25, -0.2) is 0 Å². The van der Waals surface area contributed by atoms with E-state index in [1.54, 1.807) is 19.3 Å². The number of methoxy groups -OCH3 is 2. The predicted molar refractivity (Wildman–Crippen MR) is 43.1 cm³/mol. The second-order valence-corrected chi connectivity index (χ2v) is 2.39. The highest BCUT2D eigenvalue weighted by atomic mass is 16.6. The van der Waals surface area contributed by atoms with Crippen molar-refractivity contribution in [2.45, 2.75) is 0 Å². The Labute approximate surface area is 71.6 Å². The van der Waals surface area contributed by atoms with E-state index in [-0.39, 0.29) is 5.95 Å². The molecule has 0 radical (unpaired) electrons. The first-order chi connectivity index (χ1) is 5.79. The highest BCUT2D eigenvalue weighted by Gasteiger charge is 2.07. The Balaban J connectivity index is 2.79. The largest absolute Gasteiger partial charge is 0.616 e. The number of ether oxygens (including phenoxy) is 2. The van der Waals surface area contributed by atoms with Crippen LogP contribution in [-0.2, 0) is 9.47 Å². The summed E-state index contributed by atoms with van der Waals surface area (Å²) in [7, 11) is 2.96. The van der Waals surface area contributed by atoms with Crippen LogP contribution in [0.5, 0.6) is 0 Å². The zero-order valence-electron chi connectivity index (χ0n) is 7.16. The lowest BCUT2D eigenvalue weighted by Gasteiger charge is -2.14. The summed E-state index contributed by atoms with van der Waals surface area (Å²) < 4.78 is 9.50. The first-order valence-electron chi connectivity index (χ1n) is 3.61. The Kier molecular flexibility index (Phi) is 2.94. The number of rotatable bonds is 3. The molecule has 0 saturated carbocycles. The van der Waals surface area contributed by atoms with Gasteiger partial charge in [0.05, 0.1) is 12.6 Å². The van der Waals surface area contributed by atoms with Gasteiger partial charge in [-0.1, -0.05) is 18.2 Å². The molecule has 66 valence electrons. The van der Waals surface area contributed by atoms with Gasteiger partial charge in [0.2, 0.25) is 0 Å². The van der Waals surface area contributed by atoms with Gasteiger partial charge in [0.1, 0.15) is 0 Å². The Morgan fingerprint density at radius 3 is 2.83 bits per heavy atom. The van der Waals surface area contributed by atoms with Crippen LogP contribution in [0, 0.1) is 0 Å². The van der Waals surface area contributed by atoms with Crippen molar-refractivity contribution in [1.29, 1.82) is 0 Å². The van der Waals surface area contributed by atoms with Crippen molar-refractivity contribution in [3.63, 3.8) is 0 Å². The van der Waals surface area contributed by atoms with E-state index >= 15 is 0 Å². The maximum absolute atomic E-state index is 11.1. The first kappa shape index (κ1) is 8.87. The van der Waals surface area contributed by atoms with Gasteiger partial charge in [-0.05, 0) is 12.7 Å². The fourth-order valence-electron chi connectivity index (χ4n) is 1.05. The van der Waals surface area contributed by atoms with Crippen LogP contribution in [0.15, 0.2) is 35.3 Å². The van der Waals surface area contributed by atoms with Crippen molar-refractivity contribution in [3.8, 4) is 0 Å². The van der Waals surface area contributed by atoms with Crippen molar-refractivity contribution >= 4 is 0 Å². The number of allylic oxidation sites excluding steroid dienone is 3. The lowest BCUT2D eigenvalue weighted by Crippen LogP contribution is -2.10. The van der Waals surface area contributed by atoms with E-state index in [2.05, 4.69) is 4.74 Å². The molecule has 0 unspecified atom stereocenters. The van der Waals surface area contributed by atoms with Crippen LogP contribution in [0.1, 0.15) is 0 Å². The van der Waals surface area contributed by atoms with Crippen molar-refractivity contribution in [2.75, 3.05) is 20.8 Å². The van der Waals surface area contributed by atoms with Gasteiger partial charge in [0, 0.05) is 12.7 Å². The molecule has 3 heteroatoms. The molecule has 12 heavy (non-hydrogen) atoms. The van der Waals surface area contributed by atoms with E-state index in [1.165, 1.54) is 7.11 Å². The fourth-order valence-corrected chi connectivity index (χ4v) is 1.05. The minimum Gasteiger partial charge on any atom is -0.616 e. The zero-order chi connectivity index (χ0) is 8.97. The molecule has 0 aromatic carbocycles. The summed E-state index contributed by atoms with van der Waals surface area (Å²) in [5.74, 6) is -0.313. The molecule has 0 fully saturated rings. The van der Waals surface area contributed by atoms with E-state index in [1.807, 2.05) is 6.08 Å². The third-order valence-electron chi connectivity index (χ3n) is 1.61. The van der Waals surface area contributed by atoms with E-state index in [0.717, 1.165) is 5.57 Å². The smallest absolute Gasteiger partial charge is 0.0719 e. The molecule has 1 rings (SSSR count). The molecule has 0 aromatic rings. The van der Waals surface area contributed by atoms with Crippen LogP contribution in [0.2, 0.25) is 0 Å². The zero-order valence-corrected chi connectivity index (χ0v) is 7.16. The normalized spacial score (nSPS) is 19.3. The standard InChI is InChI=1S/C9H12O3/c1-11-6-7-4-3-5-8(7)9(10)12-2/h3-5,10H,6H2,1-2H3/p-1. The van der Waals surface area contributed by atoms with Crippen LogP contribution >= 0.6 is 0 Å². The molecular weight excluding hydrogens is 156 g/mol. The van der Waals surface area contributed by atoms with Crippen LogP contribution in [-0.4, -0.2) is 20.8 Å². The van der Waals surface area contributed by atoms with Gasteiger partial charge in [0.15, 0.2) is 0 Å². The molecule has 0 spiro atoms. The molecule has 0 atom stereocenters. The summed E-state index contributed by atoms with van der Waals surface area (Å²) in [6.45, 7) is 0.442. The first-order valence-corrected chi connectivity index (χ1v) is 3.61. The maximum Gasteiger partial charge on any atom is 0.0719 e. The average Bonchev–Trinajstić information content (AvgIpc) is 2.52. The van der Waals surface area contributed by atoms with Crippen LogP contribution < -0.4 is 5.11 Å². The Hall–Kier alpha value is -1.22. The summed E-state index contributed by atoms with van der Waals surface area (Å²) >= 11 is 0. The molecule has 0 bridgehead atoms. The fraction of sp³-hybridized carbons (Fsp3) is 0.333. The van der Waals surface area contributed by atoms with Gasteiger partial charge in [-0.3, -0.25) is 0 Å². The lowest BCUT2D eigenvalue weighted by atomic mass is 10.1. The molecule has 3 nitrogen and oxygen atoms in total. The summed E-state index contributed by atoms with van der Waals surface area (Å²) in [6.07, 6.45) is 5.37. The van der Waals surface area contributed by atoms with Crippen LogP contribution in [0.4, 0.5) is 0 Å². The Morgan fingerprint density at radius 2 is 2.25 bits per heavy atom. The van der Waals surface area contributed by atoms with Crippen molar-refractivity contribution in [3.05, 3.63) is 35.3 Å². The van der Waals surface area contributed by atoms with E-state index < -0.39 is 0 Å². The van der Waals surface area contributed by atoms with Gasteiger partial charge in [-0.2, -0.15) is 0 Å². The molecule has 0 amide bonds. The molecule has 1 aliphatic carbocycles. The van der Waals surface area contributed by atoms with Gasteiger partial charge >= 0.3 is 0 Å². The molecule has 0 aliphatic heterocycles. The van der Waals surface area contributed by atoms with Crippen LogP contribution in [0.3, 0.4) is 0 Å². The number of hydrogen-bond acceptors (Lipinski definition) is 3. The highest BCUT2D eigenvalue weighted by Crippen LogP contribution is 2.20. The van der Waals surface area contributed by atoms with E-state index in [4.69, 9.17) is 4.74 Å². The summed E-state index contributed by atoms with van der Waals surface area (Å²) in [6, 6.07) is 0. The van der Waals surface area contributed by atoms with Crippen molar-refractivity contribution < 1.29 is 14.6 Å². The quantitative estimate of drug-likeness (QED) is 0.569. The molecule has 0 heterocycles. The third-order valence-corrected chi connectivity index (χ3v) is 1.61. The monoisotopic (exact) mass is 167 g/mol. The van der Waals surface area contributed by atoms with Gasteiger partial charge in [0.25, 0.3) is 0 Å². The van der Waals surface area contributed by atoms with Gasteiger partial charge < -0.3 is 14.6 Å². The minimum absolute atomic E-state index is 0.313. The van der Waals surface area contributed by atoms with Crippen molar-refractivity contribution in [2.24, 2.45) is 0 Å². The second kappa shape index (κ2) is 3.97. The highest BCUT2D eigenvalue weighted by molar-refractivity contribution is 5.48. The minimum atomic E-state index is -0.313. The summed E-state index contributed by atoms with van der Waals surface area (Å²) in [4.78, 5) is 0. The molecule has 0 N–H and O–H groups in total. The average molecular weight is 167 g/mol. The van der Waals surface area contributed by atoms with E-state index in [0.29, 0.717) is 12.2 Å². The predicted octanol–water partition coefficient (Wildman–Crippen LogP) is 0.347. The lowest BCUT2D eigenvalue weighted by molar-refractivity contribution is -0.354. The van der Waals surface area contributed by atoms with Crippen molar-refractivity contribution in [1.82, 2.24) is 0 Å². The summed E-state index contributed by atoms with van der Waals surface area (Å²) in [5, 5.41) is 11.1. The van der Waals surface area contributed by atoms with Crippen LogP contribution in [0.25, 0.3) is 0 Å². The third kappa shape index (κ3) is 1.68. The van der Waals surface area contributed by atoms with Gasteiger partial charge in [-0.15, -0.1) is 0 Å². The Morgan fingerprint density at radius 1 is 1.50 bits per heavy atom. The molecule has 0 saturated heterocycles. The SMILES string of the molecule is COCC1=CC=CC1=C([O-])OC. The Bertz CT molecular complexity index is 248. The maximum atomic E-state index is 11.1. The molecule has 1 aliphatic rings. The number of hydrogen-bond donors (Lipinski definition) is 0. The summed E-state index contributed by atoms with van der Waals surface area (Å²) in [5.41, 5.74) is 1.45. The molecular formula is C9H11O3-.